The monoisotopic (exact) mass is 246 g/mol. The molecule has 0 saturated heterocycles. The maximum absolute atomic E-state index is 4.66. The van der Waals surface area contributed by atoms with E-state index in [4.69, 9.17) is 0 Å². The second-order valence-electron chi connectivity index (χ2n) is 5.66. The van der Waals surface area contributed by atoms with Gasteiger partial charge in [0.2, 0.25) is 0 Å². The molecular formula is C14H22N4. The third-order valence-electron chi connectivity index (χ3n) is 3.68. The number of anilines is 2. The molecule has 1 heterocycles. The molecule has 2 saturated carbocycles. The smallest absolute Gasteiger partial charge is 0.136 e. The molecule has 18 heavy (non-hydrogen) atoms. The zero-order valence-corrected chi connectivity index (χ0v) is 11.2. The largest absolute Gasteiger partial charge is 0.370 e. The van der Waals surface area contributed by atoms with Crippen molar-refractivity contribution in [3.05, 3.63) is 11.9 Å². The van der Waals surface area contributed by atoms with Crippen molar-refractivity contribution in [3.63, 3.8) is 0 Å². The Bertz CT molecular complexity index is 428. The van der Waals surface area contributed by atoms with Gasteiger partial charge in [-0.3, -0.25) is 0 Å². The van der Waals surface area contributed by atoms with E-state index in [9.17, 15) is 0 Å². The summed E-state index contributed by atoms with van der Waals surface area (Å²) in [6, 6.07) is 2.66. The summed E-state index contributed by atoms with van der Waals surface area (Å²) in [6.45, 7) is 5.42. The molecule has 4 heteroatoms. The summed E-state index contributed by atoms with van der Waals surface area (Å²) in [5.41, 5.74) is 0. The first-order valence-electron chi connectivity index (χ1n) is 7.15. The van der Waals surface area contributed by atoms with Crippen LogP contribution in [0.4, 0.5) is 11.6 Å². The van der Waals surface area contributed by atoms with Crippen molar-refractivity contribution in [3.8, 4) is 0 Å². The van der Waals surface area contributed by atoms with Gasteiger partial charge in [-0.15, -0.1) is 0 Å². The molecule has 2 N–H and O–H groups in total. The van der Waals surface area contributed by atoms with Gasteiger partial charge in [-0.25, -0.2) is 9.97 Å². The highest BCUT2D eigenvalue weighted by Crippen LogP contribution is 2.39. The number of hydrogen-bond donors (Lipinski definition) is 2. The summed E-state index contributed by atoms with van der Waals surface area (Å²) in [7, 11) is 0. The Morgan fingerprint density at radius 3 is 2.61 bits per heavy atom. The van der Waals surface area contributed by atoms with E-state index < -0.39 is 0 Å². The Hall–Kier alpha value is -1.32. The lowest BCUT2D eigenvalue weighted by molar-refractivity contribution is 0.888. The van der Waals surface area contributed by atoms with E-state index in [0.717, 1.165) is 36.3 Å². The fraction of sp³-hybridized carbons (Fsp3) is 0.714. The Balaban J connectivity index is 1.75. The number of rotatable bonds is 6. The molecule has 2 aliphatic rings. The lowest BCUT2D eigenvalue weighted by atomic mass is 10.3. The molecule has 0 aromatic carbocycles. The van der Waals surface area contributed by atoms with Crippen LogP contribution in [0.2, 0.25) is 0 Å². The molecule has 0 amide bonds. The van der Waals surface area contributed by atoms with Gasteiger partial charge in [-0.05, 0) is 31.6 Å². The van der Waals surface area contributed by atoms with Gasteiger partial charge in [-0.1, -0.05) is 13.8 Å². The van der Waals surface area contributed by atoms with Crippen LogP contribution in [0.25, 0.3) is 0 Å². The van der Waals surface area contributed by atoms with Crippen LogP contribution in [0.5, 0.6) is 0 Å². The van der Waals surface area contributed by atoms with Crippen LogP contribution in [-0.4, -0.2) is 22.6 Å². The van der Waals surface area contributed by atoms with Crippen LogP contribution in [-0.2, 0) is 0 Å². The van der Waals surface area contributed by atoms with Crippen LogP contribution in [0.1, 0.15) is 51.3 Å². The number of nitrogens with one attached hydrogen (secondary N) is 2. The van der Waals surface area contributed by atoms with Crippen LogP contribution in [0, 0.1) is 5.92 Å². The Morgan fingerprint density at radius 2 is 2.00 bits per heavy atom. The molecule has 3 rings (SSSR count). The minimum Gasteiger partial charge on any atom is -0.370 e. The Morgan fingerprint density at radius 1 is 1.28 bits per heavy atom. The summed E-state index contributed by atoms with van der Waals surface area (Å²) in [5.74, 6) is 4.39. The predicted octanol–water partition coefficient (Wildman–Crippen LogP) is 3.00. The molecule has 98 valence electrons. The summed E-state index contributed by atoms with van der Waals surface area (Å²) in [6.07, 6.45) is 4.87. The lowest BCUT2D eigenvalue weighted by Gasteiger charge is -2.10. The molecule has 0 radical (unpaired) electrons. The van der Waals surface area contributed by atoms with Crippen LogP contribution < -0.4 is 10.6 Å². The van der Waals surface area contributed by atoms with E-state index in [1.54, 1.807) is 0 Å². The zero-order chi connectivity index (χ0) is 12.5. The maximum atomic E-state index is 4.66. The van der Waals surface area contributed by atoms with Gasteiger partial charge in [-0.2, -0.15) is 0 Å². The normalized spacial score (nSPS) is 25.9. The highest BCUT2D eigenvalue weighted by atomic mass is 15.1. The third-order valence-corrected chi connectivity index (χ3v) is 3.68. The third kappa shape index (κ3) is 2.74. The van der Waals surface area contributed by atoms with Gasteiger partial charge < -0.3 is 10.6 Å². The van der Waals surface area contributed by atoms with E-state index in [0.29, 0.717) is 12.0 Å². The highest BCUT2D eigenvalue weighted by Gasteiger charge is 2.33. The van der Waals surface area contributed by atoms with Crippen molar-refractivity contribution < 1.29 is 0 Å². The lowest BCUT2D eigenvalue weighted by Crippen LogP contribution is -2.10. The fourth-order valence-electron chi connectivity index (χ4n) is 2.12. The van der Waals surface area contributed by atoms with Gasteiger partial charge in [0.1, 0.15) is 17.5 Å². The van der Waals surface area contributed by atoms with Crippen molar-refractivity contribution in [1.29, 1.82) is 0 Å². The topological polar surface area (TPSA) is 49.8 Å². The highest BCUT2D eigenvalue weighted by molar-refractivity contribution is 5.49. The SMILES string of the molecule is CCCNc1cc(NC2CC2C)nc(C2CC2)n1. The number of nitrogens with zero attached hydrogens (tertiary/aromatic N) is 2. The van der Waals surface area contributed by atoms with Crippen molar-refractivity contribution in [1.82, 2.24) is 9.97 Å². The van der Waals surface area contributed by atoms with Gasteiger partial charge >= 0.3 is 0 Å². The van der Waals surface area contributed by atoms with E-state index >= 15 is 0 Å². The van der Waals surface area contributed by atoms with Crippen LogP contribution >= 0.6 is 0 Å². The standard InChI is InChI=1S/C14H22N4/c1-3-6-15-12-8-13(16-11-7-9(11)2)18-14(17-12)10-4-5-10/h8-11H,3-7H2,1-2H3,(H2,15,16,17,18). The Kier molecular flexibility index (Phi) is 3.10. The molecule has 2 fully saturated rings. The summed E-state index contributed by atoms with van der Waals surface area (Å²) in [4.78, 5) is 9.27. The molecule has 2 unspecified atom stereocenters. The first kappa shape index (κ1) is 11.8. The van der Waals surface area contributed by atoms with Crippen molar-refractivity contribution in [2.45, 2.75) is 51.5 Å². The average molecular weight is 246 g/mol. The molecule has 2 aliphatic carbocycles. The first-order valence-corrected chi connectivity index (χ1v) is 7.15. The van der Waals surface area contributed by atoms with Crippen molar-refractivity contribution in [2.75, 3.05) is 17.2 Å². The van der Waals surface area contributed by atoms with E-state index in [-0.39, 0.29) is 0 Å². The number of hydrogen-bond acceptors (Lipinski definition) is 4. The quantitative estimate of drug-likeness (QED) is 0.810. The minimum absolute atomic E-state index is 0.602. The molecule has 2 atom stereocenters. The van der Waals surface area contributed by atoms with Crippen LogP contribution in [0.15, 0.2) is 6.07 Å². The molecule has 0 spiro atoms. The van der Waals surface area contributed by atoms with Gasteiger partial charge in [0.05, 0.1) is 0 Å². The van der Waals surface area contributed by atoms with E-state index in [2.05, 4.69) is 34.4 Å². The summed E-state index contributed by atoms with van der Waals surface area (Å²) in [5, 5.41) is 6.89. The minimum atomic E-state index is 0.602. The van der Waals surface area contributed by atoms with Gasteiger partial charge in [0.15, 0.2) is 0 Å². The maximum Gasteiger partial charge on any atom is 0.136 e. The molecule has 0 bridgehead atoms. The number of aromatic nitrogens is 2. The van der Waals surface area contributed by atoms with Crippen LogP contribution in [0.3, 0.4) is 0 Å². The van der Waals surface area contributed by atoms with Crippen molar-refractivity contribution >= 4 is 11.6 Å². The van der Waals surface area contributed by atoms with Crippen molar-refractivity contribution in [2.24, 2.45) is 5.92 Å². The van der Waals surface area contributed by atoms with E-state index in [1.165, 1.54) is 19.3 Å². The molecule has 4 nitrogen and oxygen atoms in total. The predicted molar refractivity (Wildman–Crippen MR) is 74.0 cm³/mol. The van der Waals surface area contributed by atoms with Gasteiger partial charge in [0.25, 0.3) is 0 Å². The molecule has 1 aromatic heterocycles. The Labute approximate surface area is 109 Å². The van der Waals surface area contributed by atoms with Gasteiger partial charge in [0, 0.05) is 24.6 Å². The summed E-state index contributed by atoms with van der Waals surface area (Å²) < 4.78 is 0. The molecule has 1 aromatic rings. The molecular weight excluding hydrogens is 224 g/mol. The summed E-state index contributed by atoms with van der Waals surface area (Å²) >= 11 is 0. The average Bonchev–Trinajstić information content (AvgIpc) is 3.25. The zero-order valence-electron chi connectivity index (χ0n) is 11.2. The second kappa shape index (κ2) is 4.75. The van der Waals surface area contributed by atoms with E-state index in [1.807, 2.05) is 6.07 Å². The first-order chi connectivity index (χ1) is 8.76. The fourth-order valence-corrected chi connectivity index (χ4v) is 2.12. The second-order valence-corrected chi connectivity index (χ2v) is 5.66. The molecule has 0 aliphatic heterocycles.